The Labute approximate surface area is 185 Å². The number of nitrogens with zero attached hydrogens (tertiary/aromatic N) is 5. The van der Waals surface area contributed by atoms with E-state index in [2.05, 4.69) is 10.00 Å². The molecule has 6 nitrogen and oxygen atoms in total. The highest BCUT2D eigenvalue weighted by Crippen LogP contribution is 2.26. The van der Waals surface area contributed by atoms with Crippen molar-refractivity contribution in [3.05, 3.63) is 83.9 Å². The summed E-state index contributed by atoms with van der Waals surface area (Å²) in [6.45, 7) is 3.62. The van der Waals surface area contributed by atoms with Gasteiger partial charge >= 0.3 is 0 Å². The molecule has 0 aliphatic carbocycles. The Hall–Kier alpha value is -3.58. The summed E-state index contributed by atoms with van der Waals surface area (Å²) in [4.78, 5) is 22.5. The van der Waals surface area contributed by atoms with Gasteiger partial charge < -0.3 is 4.90 Å². The molecule has 1 aliphatic heterocycles. The third-order valence-corrected chi connectivity index (χ3v) is 5.93. The molecule has 0 bridgehead atoms. The third-order valence-electron chi connectivity index (χ3n) is 5.93. The van der Waals surface area contributed by atoms with Gasteiger partial charge in [-0.15, -0.1) is 0 Å². The number of halogens is 1. The van der Waals surface area contributed by atoms with Crippen molar-refractivity contribution in [3.8, 4) is 11.3 Å². The zero-order valence-electron chi connectivity index (χ0n) is 17.9. The van der Waals surface area contributed by atoms with Crippen LogP contribution in [0.4, 0.5) is 4.39 Å². The summed E-state index contributed by atoms with van der Waals surface area (Å²) in [6.07, 6.45) is 3.67. The molecule has 0 unspecified atom stereocenters. The number of pyridine rings is 1. The largest absolute Gasteiger partial charge is 0.336 e. The highest BCUT2D eigenvalue weighted by atomic mass is 19.1. The first kappa shape index (κ1) is 20.3. The number of fused-ring (bicyclic) bond motifs is 1. The van der Waals surface area contributed by atoms with E-state index in [9.17, 15) is 9.18 Å². The number of hydrogen-bond acceptors (Lipinski definition) is 4. The number of carbonyl (C=O) groups is 1. The van der Waals surface area contributed by atoms with E-state index in [1.807, 2.05) is 60.6 Å². The zero-order chi connectivity index (χ0) is 22.1. The number of piperazine rings is 1. The average molecular weight is 429 g/mol. The van der Waals surface area contributed by atoms with Gasteiger partial charge in [0.15, 0.2) is 0 Å². The Morgan fingerprint density at radius 3 is 2.50 bits per heavy atom. The smallest absolute Gasteiger partial charge is 0.254 e. The number of amides is 1. The van der Waals surface area contributed by atoms with E-state index >= 15 is 0 Å². The van der Waals surface area contributed by atoms with Crippen LogP contribution in [-0.2, 0) is 13.6 Å². The fourth-order valence-corrected chi connectivity index (χ4v) is 4.18. The van der Waals surface area contributed by atoms with Gasteiger partial charge in [-0.1, -0.05) is 30.3 Å². The molecular weight excluding hydrogens is 405 g/mol. The first-order valence-electron chi connectivity index (χ1n) is 10.7. The molecule has 5 rings (SSSR count). The number of aryl methyl sites for hydroxylation is 1. The van der Waals surface area contributed by atoms with Crippen molar-refractivity contribution in [2.45, 2.75) is 6.54 Å². The maximum absolute atomic E-state index is 13.5. The monoisotopic (exact) mass is 429 g/mol. The minimum atomic E-state index is -0.223. The fourth-order valence-electron chi connectivity index (χ4n) is 4.18. The molecule has 4 aromatic rings. The van der Waals surface area contributed by atoms with Crippen LogP contribution in [0, 0.1) is 5.82 Å². The SMILES string of the molecule is Cn1cc(-c2cc(C(=O)N3CCN(Cc4ccc(F)cc4)CC3)c3ccccc3n2)cn1. The molecule has 0 radical (unpaired) electrons. The minimum Gasteiger partial charge on any atom is -0.336 e. The van der Waals surface area contributed by atoms with Gasteiger partial charge in [-0.25, -0.2) is 9.37 Å². The van der Waals surface area contributed by atoms with Gasteiger partial charge in [0.2, 0.25) is 0 Å². The van der Waals surface area contributed by atoms with Crippen molar-refractivity contribution in [2.24, 2.45) is 7.05 Å². The molecule has 0 N–H and O–H groups in total. The summed E-state index contributed by atoms with van der Waals surface area (Å²) in [5.41, 5.74) is 4.17. The van der Waals surface area contributed by atoms with Crippen LogP contribution in [0.1, 0.15) is 15.9 Å². The van der Waals surface area contributed by atoms with Gasteiger partial charge in [-0.2, -0.15) is 5.10 Å². The number of hydrogen-bond donors (Lipinski definition) is 0. The molecule has 1 saturated heterocycles. The summed E-state index contributed by atoms with van der Waals surface area (Å²) in [7, 11) is 1.86. The topological polar surface area (TPSA) is 54.3 Å². The predicted octanol–water partition coefficient (Wildman–Crippen LogP) is 3.73. The van der Waals surface area contributed by atoms with Crippen molar-refractivity contribution in [1.29, 1.82) is 0 Å². The molecular formula is C25H24FN5O. The summed E-state index contributed by atoms with van der Waals surface area (Å²) >= 11 is 0. The molecule has 7 heteroatoms. The van der Waals surface area contributed by atoms with Crippen molar-refractivity contribution < 1.29 is 9.18 Å². The molecule has 162 valence electrons. The molecule has 1 aliphatic rings. The average Bonchev–Trinajstić information content (AvgIpc) is 3.26. The Bertz CT molecular complexity index is 1260. The second-order valence-electron chi connectivity index (χ2n) is 8.17. The second kappa shape index (κ2) is 8.51. The van der Waals surface area contributed by atoms with Crippen molar-refractivity contribution >= 4 is 16.8 Å². The molecule has 0 saturated carbocycles. The van der Waals surface area contributed by atoms with Crippen LogP contribution in [0.25, 0.3) is 22.2 Å². The molecule has 32 heavy (non-hydrogen) atoms. The fraction of sp³-hybridized carbons (Fsp3) is 0.240. The maximum Gasteiger partial charge on any atom is 0.254 e. The number of para-hydroxylation sites is 1. The Balaban J connectivity index is 1.36. The summed E-state index contributed by atoms with van der Waals surface area (Å²) < 4.78 is 14.9. The van der Waals surface area contributed by atoms with Crippen LogP contribution in [0.5, 0.6) is 0 Å². The number of aromatic nitrogens is 3. The summed E-state index contributed by atoms with van der Waals surface area (Å²) in [6, 6.07) is 16.3. The van der Waals surface area contributed by atoms with Gasteiger partial charge in [0, 0.05) is 56.9 Å². The van der Waals surface area contributed by atoms with Crippen LogP contribution in [0.2, 0.25) is 0 Å². The lowest BCUT2D eigenvalue weighted by Gasteiger charge is -2.35. The van der Waals surface area contributed by atoms with E-state index in [0.717, 1.165) is 47.4 Å². The van der Waals surface area contributed by atoms with Gasteiger partial charge in [0.1, 0.15) is 5.82 Å². The standard InChI is InChI=1S/C25H24FN5O/c1-29-17-19(15-27-29)24-14-22(21-4-2-3-5-23(21)28-24)25(32)31-12-10-30(11-13-31)16-18-6-8-20(26)9-7-18/h2-9,14-15,17H,10-13,16H2,1H3. The molecule has 0 spiro atoms. The quantitative estimate of drug-likeness (QED) is 0.496. The van der Waals surface area contributed by atoms with Crippen molar-refractivity contribution in [1.82, 2.24) is 24.6 Å². The molecule has 1 fully saturated rings. The Morgan fingerprint density at radius 1 is 1.03 bits per heavy atom. The molecule has 1 amide bonds. The van der Waals surface area contributed by atoms with Crippen molar-refractivity contribution in [2.75, 3.05) is 26.2 Å². The van der Waals surface area contributed by atoms with E-state index in [0.29, 0.717) is 18.7 Å². The van der Waals surface area contributed by atoms with Gasteiger partial charge in [0.25, 0.3) is 5.91 Å². The van der Waals surface area contributed by atoms with Crippen molar-refractivity contribution in [3.63, 3.8) is 0 Å². The lowest BCUT2D eigenvalue weighted by atomic mass is 10.0. The van der Waals surface area contributed by atoms with Gasteiger partial charge in [0.05, 0.1) is 23.0 Å². The first-order valence-corrected chi connectivity index (χ1v) is 10.7. The Kier molecular flexibility index (Phi) is 5.41. The summed E-state index contributed by atoms with van der Waals surface area (Å²) in [5.74, 6) is -0.199. The summed E-state index contributed by atoms with van der Waals surface area (Å²) in [5, 5.41) is 5.10. The molecule has 2 aromatic carbocycles. The molecule has 2 aromatic heterocycles. The van der Waals surface area contributed by atoms with Crippen LogP contribution < -0.4 is 0 Å². The highest BCUT2D eigenvalue weighted by Gasteiger charge is 2.24. The van der Waals surface area contributed by atoms with Gasteiger partial charge in [-0.3, -0.25) is 14.4 Å². The van der Waals surface area contributed by atoms with E-state index in [4.69, 9.17) is 4.98 Å². The highest BCUT2D eigenvalue weighted by molar-refractivity contribution is 6.07. The van der Waals surface area contributed by atoms with E-state index in [1.54, 1.807) is 10.9 Å². The first-order chi connectivity index (χ1) is 15.6. The number of rotatable bonds is 4. The van der Waals surface area contributed by atoms with E-state index in [1.165, 1.54) is 12.1 Å². The third kappa shape index (κ3) is 4.11. The minimum absolute atomic E-state index is 0.0233. The molecule has 0 atom stereocenters. The van der Waals surface area contributed by atoms with Crippen LogP contribution >= 0.6 is 0 Å². The van der Waals surface area contributed by atoms with Crippen LogP contribution in [0.15, 0.2) is 67.0 Å². The van der Waals surface area contributed by atoms with Crippen LogP contribution in [-0.4, -0.2) is 56.7 Å². The normalized spacial score (nSPS) is 14.8. The van der Waals surface area contributed by atoms with Crippen LogP contribution in [0.3, 0.4) is 0 Å². The zero-order valence-corrected chi connectivity index (χ0v) is 17.9. The number of benzene rings is 2. The van der Waals surface area contributed by atoms with E-state index in [-0.39, 0.29) is 11.7 Å². The second-order valence-corrected chi connectivity index (χ2v) is 8.17. The predicted molar refractivity (Wildman–Crippen MR) is 122 cm³/mol. The number of carbonyl (C=O) groups excluding carboxylic acids is 1. The Morgan fingerprint density at radius 2 is 1.78 bits per heavy atom. The lowest BCUT2D eigenvalue weighted by molar-refractivity contribution is 0.0630. The van der Waals surface area contributed by atoms with Gasteiger partial charge in [-0.05, 0) is 29.8 Å². The van der Waals surface area contributed by atoms with E-state index < -0.39 is 0 Å². The molecule has 3 heterocycles. The lowest BCUT2D eigenvalue weighted by Crippen LogP contribution is -2.48. The maximum atomic E-state index is 13.5.